The Kier molecular flexibility index (Phi) is 4.98. The van der Waals surface area contributed by atoms with Gasteiger partial charge in [0, 0.05) is 12.1 Å². The Morgan fingerprint density at radius 1 is 1.45 bits per heavy atom. The highest BCUT2D eigenvalue weighted by molar-refractivity contribution is 5.91. The summed E-state index contributed by atoms with van der Waals surface area (Å²) in [7, 11) is 0. The van der Waals surface area contributed by atoms with Crippen molar-refractivity contribution in [3.8, 4) is 0 Å². The number of pyridine rings is 1. The zero-order valence-electron chi connectivity index (χ0n) is 10.3. The summed E-state index contributed by atoms with van der Waals surface area (Å²) in [6, 6.07) is 0.431. The maximum absolute atomic E-state index is 12.8. The normalized spacial score (nSPS) is 11.8. The van der Waals surface area contributed by atoms with Crippen molar-refractivity contribution < 1.29 is 31.5 Å². The van der Waals surface area contributed by atoms with Crippen molar-refractivity contribution in [1.29, 1.82) is 0 Å². The van der Waals surface area contributed by atoms with E-state index in [2.05, 4.69) is 9.72 Å². The van der Waals surface area contributed by atoms with Gasteiger partial charge in [-0.2, -0.15) is 13.2 Å². The molecule has 0 amide bonds. The molecule has 0 aromatic carbocycles. The smallest absolute Gasteiger partial charge is 0.434 e. The number of rotatable bonds is 4. The number of aromatic nitrogens is 1. The first-order chi connectivity index (χ1) is 9.22. The van der Waals surface area contributed by atoms with Gasteiger partial charge in [0.15, 0.2) is 5.69 Å². The monoisotopic (exact) mass is 298 g/mol. The topological polar surface area (TPSA) is 65.2 Å². The fourth-order valence-corrected chi connectivity index (χ4v) is 1.50. The van der Waals surface area contributed by atoms with Crippen molar-refractivity contribution in [1.82, 2.24) is 4.98 Å². The molecule has 0 aliphatic rings. The second-order valence-corrected chi connectivity index (χ2v) is 3.64. The molecule has 112 valence electrons. The van der Waals surface area contributed by atoms with Gasteiger partial charge in [-0.15, -0.1) is 0 Å². The Morgan fingerprint density at radius 2 is 2.05 bits per heavy atom. The Labute approximate surface area is 110 Å². The van der Waals surface area contributed by atoms with Crippen LogP contribution in [-0.2, 0) is 17.5 Å². The third-order valence-electron chi connectivity index (χ3n) is 2.33. The van der Waals surface area contributed by atoms with E-state index in [1.807, 2.05) is 0 Å². The van der Waals surface area contributed by atoms with Crippen molar-refractivity contribution >= 4 is 5.97 Å². The summed E-state index contributed by atoms with van der Waals surface area (Å²) in [4.78, 5) is 14.5. The van der Waals surface area contributed by atoms with Crippen molar-refractivity contribution in [3.63, 3.8) is 0 Å². The summed E-state index contributed by atoms with van der Waals surface area (Å²) in [5.41, 5.74) is 1.05. The fourth-order valence-electron chi connectivity index (χ4n) is 1.50. The number of nitrogens with two attached hydrogens (primary N) is 1. The van der Waals surface area contributed by atoms with Gasteiger partial charge < -0.3 is 10.5 Å². The van der Waals surface area contributed by atoms with Crippen LogP contribution in [0.25, 0.3) is 0 Å². The number of hydrogen-bond acceptors (Lipinski definition) is 4. The average molecular weight is 298 g/mol. The molecule has 1 aromatic heterocycles. The van der Waals surface area contributed by atoms with Gasteiger partial charge in [-0.1, -0.05) is 0 Å². The van der Waals surface area contributed by atoms with E-state index in [-0.39, 0.29) is 6.61 Å². The molecule has 1 aromatic rings. The SMILES string of the molecule is CCOC(=O)c1cc(C(F)F)c(CN)nc1C(F)(F)F. The Morgan fingerprint density at radius 3 is 2.45 bits per heavy atom. The van der Waals surface area contributed by atoms with Crippen LogP contribution in [-0.4, -0.2) is 17.6 Å². The number of carbonyl (C=O) groups excluding carboxylic acids is 1. The van der Waals surface area contributed by atoms with E-state index in [0.29, 0.717) is 6.07 Å². The van der Waals surface area contributed by atoms with E-state index in [4.69, 9.17) is 5.73 Å². The summed E-state index contributed by atoms with van der Waals surface area (Å²) in [6.07, 6.45) is -8.08. The molecule has 9 heteroatoms. The molecule has 0 saturated heterocycles. The molecular weight excluding hydrogens is 287 g/mol. The van der Waals surface area contributed by atoms with E-state index in [9.17, 15) is 26.7 Å². The van der Waals surface area contributed by atoms with Gasteiger partial charge in [0.05, 0.1) is 17.9 Å². The molecule has 20 heavy (non-hydrogen) atoms. The molecule has 0 spiro atoms. The third-order valence-corrected chi connectivity index (χ3v) is 2.33. The summed E-state index contributed by atoms with van der Waals surface area (Å²) in [6.45, 7) is 0.575. The van der Waals surface area contributed by atoms with E-state index < -0.39 is 47.6 Å². The van der Waals surface area contributed by atoms with Gasteiger partial charge in [0.25, 0.3) is 6.43 Å². The van der Waals surface area contributed by atoms with Crippen molar-refractivity contribution in [2.24, 2.45) is 5.73 Å². The first-order valence-corrected chi connectivity index (χ1v) is 5.48. The highest BCUT2D eigenvalue weighted by atomic mass is 19.4. The van der Waals surface area contributed by atoms with Crippen LogP contribution in [0.4, 0.5) is 22.0 Å². The van der Waals surface area contributed by atoms with Gasteiger partial charge in [-0.25, -0.2) is 18.6 Å². The molecule has 4 nitrogen and oxygen atoms in total. The van der Waals surface area contributed by atoms with Crippen LogP contribution in [0.2, 0.25) is 0 Å². The fraction of sp³-hybridized carbons (Fsp3) is 0.455. The summed E-state index contributed by atoms with van der Waals surface area (Å²) < 4.78 is 68.3. The molecule has 0 unspecified atom stereocenters. The molecule has 0 aliphatic carbocycles. The molecule has 0 saturated carbocycles. The summed E-state index contributed by atoms with van der Waals surface area (Å²) >= 11 is 0. The maximum Gasteiger partial charge on any atom is 0.434 e. The molecule has 1 rings (SSSR count). The van der Waals surface area contributed by atoms with E-state index in [1.165, 1.54) is 6.92 Å². The average Bonchev–Trinajstić information content (AvgIpc) is 2.36. The number of carbonyl (C=O) groups is 1. The Bertz CT molecular complexity index is 502. The predicted octanol–water partition coefficient (Wildman–Crippen LogP) is 2.67. The molecular formula is C11H11F5N2O2. The zero-order valence-corrected chi connectivity index (χ0v) is 10.3. The quantitative estimate of drug-likeness (QED) is 0.685. The van der Waals surface area contributed by atoms with Crippen LogP contribution in [0.15, 0.2) is 6.07 Å². The first-order valence-electron chi connectivity index (χ1n) is 5.48. The lowest BCUT2D eigenvalue weighted by Gasteiger charge is -2.15. The lowest BCUT2D eigenvalue weighted by atomic mass is 10.1. The number of ether oxygens (including phenoxy) is 1. The molecule has 0 radical (unpaired) electrons. The van der Waals surface area contributed by atoms with Gasteiger partial charge >= 0.3 is 12.1 Å². The minimum Gasteiger partial charge on any atom is -0.462 e. The van der Waals surface area contributed by atoms with E-state index in [1.54, 1.807) is 0 Å². The summed E-state index contributed by atoms with van der Waals surface area (Å²) in [5.74, 6) is -1.36. The molecule has 2 N–H and O–H groups in total. The number of halogens is 5. The second-order valence-electron chi connectivity index (χ2n) is 3.64. The number of hydrogen-bond donors (Lipinski definition) is 1. The molecule has 0 fully saturated rings. The first kappa shape index (κ1) is 16.3. The van der Waals surface area contributed by atoms with E-state index >= 15 is 0 Å². The number of alkyl halides is 5. The van der Waals surface area contributed by atoms with Crippen LogP contribution in [0.1, 0.15) is 40.7 Å². The lowest BCUT2D eigenvalue weighted by molar-refractivity contribution is -0.141. The summed E-state index contributed by atoms with van der Waals surface area (Å²) in [5, 5.41) is 0. The Hall–Kier alpha value is -1.77. The van der Waals surface area contributed by atoms with Gasteiger partial charge in [-0.3, -0.25) is 0 Å². The van der Waals surface area contributed by atoms with Crippen molar-refractivity contribution in [3.05, 3.63) is 28.6 Å². The predicted molar refractivity (Wildman–Crippen MR) is 58.0 cm³/mol. The second kappa shape index (κ2) is 6.12. The molecule has 0 aliphatic heterocycles. The highest BCUT2D eigenvalue weighted by Gasteiger charge is 2.39. The molecule has 0 atom stereocenters. The lowest BCUT2D eigenvalue weighted by Crippen LogP contribution is -2.20. The van der Waals surface area contributed by atoms with Gasteiger partial charge in [-0.05, 0) is 13.0 Å². The largest absolute Gasteiger partial charge is 0.462 e. The van der Waals surface area contributed by atoms with Crippen LogP contribution in [0.3, 0.4) is 0 Å². The minimum atomic E-state index is -4.98. The standard InChI is InChI=1S/C11H11F5N2O2/c1-2-20-10(19)6-3-5(9(12)13)7(4-17)18-8(6)11(14,15)16/h3,9H,2,4,17H2,1H3. The van der Waals surface area contributed by atoms with Gasteiger partial charge in [0.2, 0.25) is 0 Å². The Balaban J connectivity index is 3.52. The van der Waals surface area contributed by atoms with Crippen LogP contribution in [0, 0.1) is 0 Å². The van der Waals surface area contributed by atoms with Gasteiger partial charge in [0.1, 0.15) is 0 Å². The van der Waals surface area contributed by atoms with Crippen LogP contribution >= 0.6 is 0 Å². The number of nitrogens with zero attached hydrogens (tertiary/aromatic N) is 1. The molecule has 1 heterocycles. The third kappa shape index (κ3) is 3.41. The highest BCUT2D eigenvalue weighted by Crippen LogP contribution is 2.34. The van der Waals surface area contributed by atoms with E-state index in [0.717, 1.165) is 0 Å². The number of esters is 1. The van der Waals surface area contributed by atoms with Crippen molar-refractivity contribution in [2.45, 2.75) is 26.1 Å². The zero-order chi connectivity index (χ0) is 15.5. The van der Waals surface area contributed by atoms with Crippen LogP contribution in [0.5, 0.6) is 0 Å². The minimum absolute atomic E-state index is 0.196. The van der Waals surface area contributed by atoms with Crippen LogP contribution < -0.4 is 5.73 Å². The van der Waals surface area contributed by atoms with Crippen molar-refractivity contribution in [2.75, 3.05) is 6.61 Å². The molecule has 0 bridgehead atoms. The maximum atomic E-state index is 12.8.